The Morgan fingerprint density at radius 2 is 1.89 bits per heavy atom. The van der Waals surface area contributed by atoms with E-state index in [2.05, 4.69) is 13.8 Å². The Morgan fingerprint density at radius 1 is 1.22 bits per heavy atom. The van der Waals surface area contributed by atoms with Crippen LogP contribution in [0.3, 0.4) is 0 Å². The first-order valence-electron chi connectivity index (χ1n) is 7.17. The summed E-state index contributed by atoms with van der Waals surface area (Å²) >= 11 is 0. The summed E-state index contributed by atoms with van der Waals surface area (Å²) in [6.45, 7) is 10.3. The van der Waals surface area contributed by atoms with E-state index in [-0.39, 0.29) is 30.0 Å². The van der Waals surface area contributed by atoms with Crippen molar-refractivity contribution in [3.8, 4) is 0 Å². The fourth-order valence-electron chi connectivity index (χ4n) is 2.74. The molecule has 0 radical (unpaired) electrons. The average molecular weight is 256 g/mol. The maximum absolute atomic E-state index is 12.6. The molecule has 0 saturated carbocycles. The lowest BCUT2D eigenvalue weighted by atomic mass is 9.88. The maximum Gasteiger partial charge on any atom is 0.228 e. The predicted octanol–water partition coefficient (Wildman–Crippen LogP) is 1.63. The highest BCUT2D eigenvalue weighted by atomic mass is 16.5. The van der Waals surface area contributed by atoms with Crippen LogP contribution in [0.1, 0.15) is 40.5 Å². The van der Waals surface area contributed by atoms with Crippen LogP contribution in [0.4, 0.5) is 0 Å². The lowest BCUT2D eigenvalue weighted by Crippen LogP contribution is -2.43. The summed E-state index contributed by atoms with van der Waals surface area (Å²) < 4.78 is 5.76. The summed E-state index contributed by atoms with van der Waals surface area (Å²) in [5.41, 5.74) is 5.61. The van der Waals surface area contributed by atoms with Gasteiger partial charge in [-0.15, -0.1) is 0 Å². The molecule has 1 aliphatic rings. The van der Waals surface area contributed by atoms with Gasteiger partial charge in [-0.2, -0.15) is 0 Å². The third-order valence-corrected chi connectivity index (χ3v) is 4.02. The molecule has 0 aromatic heterocycles. The van der Waals surface area contributed by atoms with Crippen molar-refractivity contribution in [2.75, 3.05) is 19.6 Å². The van der Waals surface area contributed by atoms with Gasteiger partial charge in [0.2, 0.25) is 5.91 Å². The summed E-state index contributed by atoms with van der Waals surface area (Å²) in [5.74, 6) is 0.496. The summed E-state index contributed by atoms with van der Waals surface area (Å²) in [4.78, 5) is 14.5. The van der Waals surface area contributed by atoms with Crippen LogP contribution in [0.5, 0.6) is 0 Å². The molecule has 4 unspecified atom stereocenters. The van der Waals surface area contributed by atoms with E-state index in [1.54, 1.807) is 0 Å². The second-order valence-corrected chi connectivity index (χ2v) is 5.40. The smallest absolute Gasteiger partial charge is 0.228 e. The summed E-state index contributed by atoms with van der Waals surface area (Å²) in [6.07, 6.45) is 2.32. The van der Waals surface area contributed by atoms with E-state index in [4.69, 9.17) is 10.5 Å². The fraction of sp³-hybridized carbons (Fsp3) is 0.929. The SMILES string of the molecule is CCCCN(CCN)C(=O)C1C(C)OC(C)C1C. The van der Waals surface area contributed by atoms with Crippen LogP contribution in [0.15, 0.2) is 0 Å². The van der Waals surface area contributed by atoms with E-state index in [9.17, 15) is 4.79 Å². The first-order valence-corrected chi connectivity index (χ1v) is 7.17. The molecule has 4 heteroatoms. The zero-order valence-corrected chi connectivity index (χ0v) is 12.2. The van der Waals surface area contributed by atoms with Gasteiger partial charge in [-0.1, -0.05) is 20.3 Å². The van der Waals surface area contributed by atoms with Crippen LogP contribution in [-0.2, 0) is 9.53 Å². The van der Waals surface area contributed by atoms with Crippen molar-refractivity contribution < 1.29 is 9.53 Å². The number of hydrogen-bond donors (Lipinski definition) is 1. The largest absolute Gasteiger partial charge is 0.374 e. The Labute approximate surface area is 111 Å². The highest BCUT2D eigenvalue weighted by molar-refractivity contribution is 5.80. The molecule has 1 fully saturated rings. The number of carbonyl (C=O) groups is 1. The Morgan fingerprint density at radius 3 is 2.33 bits per heavy atom. The molecule has 0 spiro atoms. The molecule has 4 atom stereocenters. The highest BCUT2D eigenvalue weighted by Gasteiger charge is 2.42. The Bertz CT molecular complexity index is 271. The number of carbonyl (C=O) groups excluding carboxylic acids is 1. The zero-order chi connectivity index (χ0) is 13.7. The van der Waals surface area contributed by atoms with Crippen LogP contribution in [0.2, 0.25) is 0 Å². The molecule has 1 saturated heterocycles. The Hall–Kier alpha value is -0.610. The van der Waals surface area contributed by atoms with Gasteiger partial charge in [0.25, 0.3) is 0 Å². The van der Waals surface area contributed by atoms with E-state index in [1.165, 1.54) is 0 Å². The minimum absolute atomic E-state index is 0.0107. The molecular weight excluding hydrogens is 228 g/mol. The number of amides is 1. The summed E-state index contributed by atoms with van der Waals surface area (Å²) in [5, 5.41) is 0. The summed E-state index contributed by atoms with van der Waals surface area (Å²) in [6, 6.07) is 0. The van der Waals surface area contributed by atoms with E-state index < -0.39 is 0 Å². The first kappa shape index (κ1) is 15.4. The number of nitrogens with zero attached hydrogens (tertiary/aromatic N) is 1. The second-order valence-electron chi connectivity index (χ2n) is 5.40. The van der Waals surface area contributed by atoms with Crippen molar-refractivity contribution in [1.82, 2.24) is 4.90 Å². The van der Waals surface area contributed by atoms with Gasteiger partial charge >= 0.3 is 0 Å². The molecule has 1 heterocycles. The molecule has 1 rings (SSSR count). The van der Waals surface area contributed by atoms with Crippen LogP contribution < -0.4 is 5.73 Å². The minimum atomic E-state index is -0.0107. The van der Waals surface area contributed by atoms with Gasteiger partial charge < -0.3 is 15.4 Å². The molecule has 1 amide bonds. The van der Waals surface area contributed by atoms with Gasteiger partial charge in [0.15, 0.2) is 0 Å². The average Bonchev–Trinajstić information content (AvgIpc) is 2.58. The Balaban J connectivity index is 2.69. The standard InChI is InChI=1S/C14H28N2O2/c1-5-6-8-16(9-7-15)14(17)13-10(2)11(3)18-12(13)4/h10-13H,5-9,15H2,1-4H3. The van der Waals surface area contributed by atoms with E-state index in [1.807, 2.05) is 18.7 Å². The first-order chi connectivity index (χ1) is 8.52. The number of hydrogen-bond acceptors (Lipinski definition) is 3. The quantitative estimate of drug-likeness (QED) is 0.786. The number of nitrogens with two attached hydrogens (primary N) is 1. The van der Waals surface area contributed by atoms with Gasteiger partial charge in [-0.25, -0.2) is 0 Å². The van der Waals surface area contributed by atoms with Crippen LogP contribution >= 0.6 is 0 Å². The second kappa shape index (κ2) is 7.10. The number of ether oxygens (including phenoxy) is 1. The van der Waals surface area contributed by atoms with Gasteiger partial charge in [0.05, 0.1) is 18.1 Å². The minimum Gasteiger partial charge on any atom is -0.374 e. The Kier molecular flexibility index (Phi) is 6.09. The number of rotatable bonds is 6. The van der Waals surface area contributed by atoms with E-state index in [0.717, 1.165) is 19.4 Å². The van der Waals surface area contributed by atoms with Crippen molar-refractivity contribution in [2.24, 2.45) is 17.6 Å². The van der Waals surface area contributed by atoms with Crippen molar-refractivity contribution in [3.05, 3.63) is 0 Å². The molecule has 106 valence electrons. The molecule has 2 N–H and O–H groups in total. The number of unbranched alkanes of at least 4 members (excludes halogenated alkanes) is 1. The normalized spacial score (nSPS) is 31.6. The van der Waals surface area contributed by atoms with Crippen molar-refractivity contribution in [2.45, 2.75) is 52.7 Å². The van der Waals surface area contributed by atoms with Gasteiger partial charge in [-0.3, -0.25) is 4.79 Å². The molecule has 18 heavy (non-hydrogen) atoms. The zero-order valence-electron chi connectivity index (χ0n) is 12.2. The van der Waals surface area contributed by atoms with Gasteiger partial charge in [0, 0.05) is 19.6 Å². The molecule has 0 bridgehead atoms. The lowest BCUT2D eigenvalue weighted by Gasteiger charge is -2.28. The topological polar surface area (TPSA) is 55.6 Å². The molecule has 0 aliphatic carbocycles. The fourth-order valence-corrected chi connectivity index (χ4v) is 2.74. The summed E-state index contributed by atoms with van der Waals surface area (Å²) in [7, 11) is 0. The van der Waals surface area contributed by atoms with Gasteiger partial charge in [-0.05, 0) is 26.2 Å². The van der Waals surface area contributed by atoms with Crippen LogP contribution in [-0.4, -0.2) is 42.6 Å². The molecular formula is C14H28N2O2. The van der Waals surface area contributed by atoms with Gasteiger partial charge in [0.1, 0.15) is 0 Å². The molecule has 1 aliphatic heterocycles. The third kappa shape index (κ3) is 3.45. The molecule has 4 nitrogen and oxygen atoms in total. The highest BCUT2D eigenvalue weighted by Crippen LogP contribution is 2.33. The third-order valence-electron chi connectivity index (χ3n) is 4.02. The molecule has 0 aromatic carbocycles. The lowest BCUT2D eigenvalue weighted by molar-refractivity contribution is -0.137. The monoisotopic (exact) mass is 256 g/mol. The van der Waals surface area contributed by atoms with E-state index in [0.29, 0.717) is 13.1 Å². The molecule has 0 aromatic rings. The van der Waals surface area contributed by atoms with Crippen LogP contribution in [0, 0.1) is 11.8 Å². The van der Waals surface area contributed by atoms with Crippen molar-refractivity contribution in [3.63, 3.8) is 0 Å². The van der Waals surface area contributed by atoms with Crippen molar-refractivity contribution >= 4 is 5.91 Å². The maximum atomic E-state index is 12.6. The van der Waals surface area contributed by atoms with E-state index >= 15 is 0 Å². The van der Waals surface area contributed by atoms with Crippen LogP contribution in [0.25, 0.3) is 0 Å². The van der Waals surface area contributed by atoms with Crippen molar-refractivity contribution in [1.29, 1.82) is 0 Å². The predicted molar refractivity (Wildman–Crippen MR) is 73.2 cm³/mol.